The predicted octanol–water partition coefficient (Wildman–Crippen LogP) is 1.68. The summed E-state index contributed by atoms with van der Waals surface area (Å²) in [6, 6.07) is 3.82. The molecule has 1 saturated heterocycles. The topological polar surface area (TPSA) is 88.0 Å². The van der Waals surface area contributed by atoms with E-state index in [0.717, 1.165) is 36.8 Å². The highest BCUT2D eigenvalue weighted by atomic mass is 16.2. The quantitative estimate of drug-likeness (QED) is 0.833. The van der Waals surface area contributed by atoms with Gasteiger partial charge in [0.1, 0.15) is 12.1 Å². The SMILES string of the molecule is CCn1cnnc1CNC(=O)NCc1ccc(N2CCCCC2)nc1. The minimum atomic E-state index is -0.231. The van der Waals surface area contributed by atoms with Crippen LogP contribution in [-0.2, 0) is 19.6 Å². The van der Waals surface area contributed by atoms with E-state index < -0.39 is 0 Å². The van der Waals surface area contributed by atoms with Crippen LogP contribution >= 0.6 is 0 Å². The van der Waals surface area contributed by atoms with Gasteiger partial charge in [-0.1, -0.05) is 6.07 Å². The van der Waals surface area contributed by atoms with E-state index in [9.17, 15) is 4.79 Å². The van der Waals surface area contributed by atoms with E-state index >= 15 is 0 Å². The summed E-state index contributed by atoms with van der Waals surface area (Å²) in [7, 11) is 0. The number of piperidine rings is 1. The first-order valence-electron chi connectivity index (χ1n) is 8.84. The molecule has 2 amide bonds. The molecule has 1 aliphatic rings. The van der Waals surface area contributed by atoms with Gasteiger partial charge in [-0.2, -0.15) is 0 Å². The molecule has 0 aliphatic carbocycles. The molecule has 0 spiro atoms. The van der Waals surface area contributed by atoms with Gasteiger partial charge in [-0.3, -0.25) is 0 Å². The Balaban J connectivity index is 1.44. The zero-order chi connectivity index (χ0) is 17.5. The standard InChI is InChI=1S/C17H25N7O/c1-2-23-13-21-22-16(23)12-20-17(25)19-11-14-6-7-15(18-10-14)24-8-4-3-5-9-24/h6-7,10,13H,2-5,8-9,11-12H2,1H3,(H2,19,20,25). The van der Waals surface area contributed by atoms with Gasteiger partial charge in [0.05, 0.1) is 6.54 Å². The van der Waals surface area contributed by atoms with Gasteiger partial charge < -0.3 is 20.1 Å². The number of nitrogens with one attached hydrogen (secondary N) is 2. The molecular weight excluding hydrogens is 318 g/mol. The molecule has 0 saturated carbocycles. The number of carbonyl (C=O) groups excluding carboxylic acids is 1. The lowest BCUT2D eigenvalue weighted by Gasteiger charge is -2.27. The maximum absolute atomic E-state index is 11.9. The van der Waals surface area contributed by atoms with E-state index in [1.807, 2.05) is 29.8 Å². The lowest BCUT2D eigenvalue weighted by atomic mass is 10.1. The first-order valence-corrected chi connectivity index (χ1v) is 8.84. The highest BCUT2D eigenvalue weighted by Crippen LogP contribution is 2.17. The molecule has 0 bridgehead atoms. The zero-order valence-electron chi connectivity index (χ0n) is 14.6. The Morgan fingerprint density at radius 1 is 1.16 bits per heavy atom. The molecule has 3 rings (SSSR count). The minimum absolute atomic E-state index is 0.231. The Labute approximate surface area is 147 Å². The average molecular weight is 343 g/mol. The number of amides is 2. The third kappa shape index (κ3) is 4.68. The van der Waals surface area contributed by atoms with Gasteiger partial charge in [-0.15, -0.1) is 10.2 Å². The summed E-state index contributed by atoms with van der Waals surface area (Å²) in [4.78, 5) is 18.8. The van der Waals surface area contributed by atoms with Crippen LogP contribution in [-0.4, -0.2) is 38.9 Å². The van der Waals surface area contributed by atoms with E-state index in [1.54, 1.807) is 6.33 Å². The molecule has 2 aromatic rings. The van der Waals surface area contributed by atoms with Gasteiger partial charge in [0.25, 0.3) is 0 Å². The maximum atomic E-state index is 11.9. The third-order valence-corrected chi connectivity index (χ3v) is 4.39. The molecule has 8 nitrogen and oxygen atoms in total. The maximum Gasteiger partial charge on any atom is 0.315 e. The lowest BCUT2D eigenvalue weighted by Crippen LogP contribution is -2.35. The summed E-state index contributed by atoms with van der Waals surface area (Å²) in [5, 5.41) is 13.5. The number of pyridine rings is 1. The van der Waals surface area contributed by atoms with Crippen molar-refractivity contribution < 1.29 is 4.79 Å². The van der Waals surface area contributed by atoms with Crippen LogP contribution in [0.2, 0.25) is 0 Å². The van der Waals surface area contributed by atoms with Crippen LogP contribution in [0.4, 0.5) is 10.6 Å². The summed E-state index contributed by atoms with van der Waals surface area (Å²) < 4.78 is 1.89. The van der Waals surface area contributed by atoms with E-state index in [4.69, 9.17) is 0 Å². The van der Waals surface area contributed by atoms with Crippen LogP contribution in [0.5, 0.6) is 0 Å². The van der Waals surface area contributed by atoms with E-state index in [0.29, 0.717) is 13.1 Å². The lowest BCUT2D eigenvalue weighted by molar-refractivity contribution is 0.239. The molecule has 1 aliphatic heterocycles. The van der Waals surface area contributed by atoms with Crippen molar-refractivity contribution in [3.63, 3.8) is 0 Å². The number of aryl methyl sites for hydroxylation is 1. The number of nitrogens with zero attached hydrogens (tertiary/aromatic N) is 5. The number of anilines is 1. The fourth-order valence-corrected chi connectivity index (χ4v) is 2.92. The monoisotopic (exact) mass is 343 g/mol. The molecule has 25 heavy (non-hydrogen) atoms. The largest absolute Gasteiger partial charge is 0.357 e. The van der Waals surface area contributed by atoms with Crippen molar-refractivity contribution in [2.75, 3.05) is 18.0 Å². The molecule has 2 aromatic heterocycles. The van der Waals surface area contributed by atoms with Gasteiger partial charge in [0.15, 0.2) is 5.82 Å². The molecule has 0 atom stereocenters. The average Bonchev–Trinajstić information content (AvgIpc) is 3.13. The summed E-state index contributed by atoms with van der Waals surface area (Å²) in [5.41, 5.74) is 0.979. The highest BCUT2D eigenvalue weighted by Gasteiger charge is 2.12. The molecular formula is C17H25N7O. The summed E-state index contributed by atoms with van der Waals surface area (Å²) in [6.07, 6.45) is 7.26. The molecule has 0 radical (unpaired) electrons. The molecule has 134 valence electrons. The van der Waals surface area contributed by atoms with Gasteiger partial charge in [0.2, 0.25) is 0 Å². The molecule has 2 N–H and O–H groups in total. The molecule has 0 aromatic carbocycles. The van der Waals surface area contributed by atoms with Crippen LogP contribution in [0.3, 0.4) is 0 Å². The summed E-state index contributed by atoms with van der Waals surface area (Å²) in [5.74, 6) is 1.76. The van der Waals surface area contributed by atoms with Crippen molar-refractivity contribution in [3.8, 4) is 0 Å². The number of hydrogen-bond acceptors (Lipinski definition) is 5. The van der Waals surface area contributed by atoms with Crippen molar-refractivity contribution in [2.45, 2.75) is 45.8 Å². The van der Waals surface area contributed by atoms with Crippen molar-refractivity contribution in [3.05, 3.63) is 36.0 Å². The summed E-state index contributed by atoms with van der Waals surface area (Å²) >= 11 is 0. The Kier molecular flexibility index (Phi) is 5.81. The van der Waals surface area contributed by atoms with Gasteiger partial charge in [-0.05, 0) is 37.8 Å². The van der Waals surface area contributed by atoms with E-state index in [-0.39, 0.29) is 6.03 Å². The zero-order valence-corrected chi connectivity index (χ0v) is 14.6. The third-order valence-electron chi connectivity index (χ3n) is 4.39. The van der Waals surface area contributed by atoms with Crippen LogP contribution < -0.4 is 15.5 Å². The molecule has 8 heteroatoms. The van der Waals surface area contributed by atoms with Crippen molar-refractivity contribution in [1.29, 1.82) is 0 Å². The minimum Gasteiger partial charge on any atom is -0.357 e. The van der Waals surface area contributed by atoms with Gasteiger partial charge >= 0.3 is 6.03 Å². The van der Waals surface area contributed by atoms with Gasteiger partial charge in [-0.25, -0.2) is 9.78 Å². The Morgan fingerprint density at radius 3 is 2.68 bits per heavy atom. The van der Waals surface area contributed by atoms with Crippen molar-refractivity contribution >= 4 is 11.8 Å². The summed E-state index contributed by atoms with van der Waals surface area (Å²) in [6.45, 7) is 5.74. The Morgan fingerprint density at radius 2 is 1.96 bits per heavy atom. The number of carbonyl (C=O) groups is 1. The fraction of sp³-hybridized carbons (Fsp3) is 0.529. The highest BCUT2D eigenvalue weighted by molar-refractivity contribution is 5.73. The number of urea groups is 1. The number of aromatic nitrogens is 4. The van der Waals surface area contributed by atoms with Crippen molar-refractivity contribution in [2.24, 2.45) is 0 Å². The predicted molar refractivity (Wildman–Crippen MR) is 95.1 cm³/mol. The smallest absolute Gasteiger partial charge is 0.315 e. The van der Waals surface area contributed by atoms with E-state index in [2.05, 4.69) is 30.7 Å². The van der Waals surface area contributed by atoms with Crippen LogP contribution in [0, 0.1) is 0 Å². The van der Waals surface area contributed by atoms with Crippen LogP contribution in [0.15, 0.2) is 24.7 Å². The number of rotatable bonds is 6. The Hall–Kier alpha value is -2.64. The van der Waals surface area contributed by atoms with Crippen LogP contribution in [0.1, 0.15) is 37.6 Å². The number of hydrogen-bond donors (Lipinski definition) is 2. The second kappa shape index (κ2) is 8.46. The van der Waals surface area contributed by atoms with E-state index in [1.165, 1.54) is 19.3 Å². The second-order valence-corrected chi connectivity index (χ2v) is 6.14. The van der Waals surface area contributed by atoms with Gasteiger partial charge in [0, 0.05) is 32.4 Å². The molecule has 0 unspecified atom stereocenters. The second-order valence-electron chi connectivity index (χ2n) is 6.14. The van der Waals surface area contributed by atoms with Crippen molar-refractivity contribution in [1.82, 2.24) is 30.4 Å². The fourth-order valence-electron chi connectivity index (χ4n) is 2.92. The molecule has 3 heterocycles. The molecule has 1 fully saturated rings. The first kappa shape index (κ1) is 17.2. The Bertz CT molecular complexity index is 677. The first-order chi connectivity index (χ1) is 12.3. The normalized spacial score (nSPS) is 14.4. The van der Waals surface area contributed by atoms with Crippen LogP contribution in [0.25, 0.3) is 0 Å².